The highest BCUT2D eigenvalue weighted by Gasteiger charge is 2.17. The van der Waals surface area contributed by atoms with Crippen LogP contribution < -0.4 is 15.8 Å². The van der Waals surface area contributed by atoms with Crippen LogP contribution in [0.15, 0.2) is 23.1 Å². The minimum Gasteiger partial charge on any atom is -0.397 e. The number of nitrogens with zero attached hydrogens (tertiary/aromatic N) is 1. The van der Waals surface area contributed by atoms with Gasteiger partial charge in [-0.05, 0) is 32.2 Å². The third-order valence-electron chi connectivity index (χ3n) is 2.79. The Morgan fingerprint density at radius 3 is 2.40 bits per heavy atom. The van der Waals surface area contributed by atoms with Crippen LogP contribution in [0.5, 0.6) is 0 Å². The normalized spacial score (nSPS) is 12.8. The monoisotopic (exact) mass is 300 g/mol. The molecule has 0 saturated carbocycles. The second-order valence-corrected chi connectivity index (χ2v) is 6.44. The summed E-state index contributed by atoms with van der Waals surface area (Å²) in [7, 11) is 1.12. The summed E-state index contributed by atoms with van der Waals surface area (Å²) < 4.78 is 25.5. The largest absolute Gasteiger partial charge is 0.397 e. The molecule has 0 radical (unpaired) electrons. The van der Waals surface area contributed by atoms with Crippen LogP contribution in [-0.2, 0) is 14.8 Å². The number of carbonyl (C=O) groups excluding carboxylic acids is 1. The molecule has 1 aromatic rings. The SMILES string of the molecule is CNS(=O)(=O)c1ccc(NC(C)C(=O)N(C)C)c(N)c1. The van der Waals surface area contributed by atoms with Crippen LogP contribution >= 0.6 is 0 Å². The van der Waals surface area contributed by atoms with Crippen molar-refractivity contribution in [3.63, 3.8) is 0 Å². The molecular formula is C12H20N4O3S. The molecule has 0 saturated heterocycles. The topological polar surface area (TPSA) is 105 Å². The first-order valence-corrected chi connectivity index (χ1v) is 7.48. The van der Waals surface area contributed by atoms with Gasteiger partial charge in [-0.1, -0.05) is 0 Å². The van der Waals surface area contributed by atoms with Crippen molar-refractivity contribution in [1.29, 1.82) is 0 Å². The third-order valence-corrected chi connectivity index (χ3v) is 4.20. The molecule has 0 spiro atoms. The van der Waals surface area contributed by atoms with E-state index >= 15 is 0 Å². The molecule has 0 aromatic heterocycles. The average molecular weight is 300 g/mol. The molecule has 1 amide bonds. The number of hydrogen-bond acceptors (Lipinski definition) is 5. The van der Waals surface area contributed by atoms with Crippen molar-refractivity contribution in [2.45, 2.75) is 17.9 Å². The van der Waals surface area contributed by atoms with Crippen molar-refractivity contribution in [3.8, 4) is 0 Å². The lowest BCUT2D eigenvalue weighted by Crippen LogP contribution is -2.36. The Labute approximate surface area is 119 Å². The first kappa shape index (κ1) is 16.3. The average Bonchev–Trinajstić information content (AvgIpc) is 2.39. The number of amides is 1. The predicted molar refractivity (Wildman–Crippen MR) is 78.9 cm³/mol. The van der Waals surface area contributed by atoms with Gasteiger partial charge < -0.3 is 16.0 Å². The molecule has 4 N–H and O–H groups in total. The maximum atomic E-state index is 11.7. The molecule has 1 rings (SSSR count). The van der Waals surface area contributed by atoms with Crippen molar-refractivity contribution < 1.29 is 13.2 Å². The van der Waals surface area contributed by atoms with Gasteiger partial charge in [-0.15, -0.1) is 0 Å². The fourth-order valence-corrected chi connectivity index (χ4v) is 2.40. The quantitative estimate of drug-likeness (QED) is 0.667. The van der Waals surface area contributed by atoms with E-state index in [0.29, 0.717) is 5.69 Å². The number of benzene rings is 1. The number of nitrogens with one attached hydrogen (secondary N) is 2. The van der Waals surface area contributed by atoms with Crippen molar-refractivity contribution in [2.24, 2.45) is 0 Å². The zero-order valence-corrected chi connectivity index (χ0v) is 12.8. The van der Waals surface area contributed by atoms with Crippen LogP contribution in [0.2, 0.25) is 0 Å². The number of carbonyl (C=O) groups is 1. The summed E-state index contributed by atoms with van der Waals surface area (Å²) in [5, 5.41) is 2.96. The zero-order chi connectivity index (χ0) is 15.5. The van der Waals surface area contributed by atoms with Crippen LogP contribution in [-0.4, -0.2) is 46.4 Å². The van der Waals surface area contributed by atoms with Gasteiger partial charge in [-0.3, -0.25) is 4.79 Å². The molecule has 1 unspecified atom stereocenters. The van der Waals surface area contributed by atoms with Gasteiger partial charge in [0.2, 0.25) is 15.9 Å². The van der Waals surface area contributed by atoms with E-state index in [1.807, 2.05) is 0 Å². The summed E-state index contributed by atoms with van der Waals surface area (Å²) >= 11 is 0. The third kappa shape index (κ3) is 3.61. The smallest absolute Gasteiger partial charge is 0.244 e. The summed E-state index contributed by atoms with van der Waals surface area (Å²) in [5.41, 5.74) is 6.60. The number of hydrogen-bond donors (Lipinski definition) is 3. The zero-order valence-electron chi connectivity index (χ0n) is 12.0. The lowest BCUT2D eigenvalue weighted by atomic mass is 10.2. The maximum absolute atomic E-state index is 11.7. The Hall–Kier alpha value is -1.80. The second-order valence-electron chi connectivity index (χ2n) is 4.56. The molecule has 0 bridgehead atoms. The Morgan fingerprint density at radius 1 is 1.35 bits per heavy atom. The van der Waals surface area contributed by atoms with E-state index in [-0.39, 0.29) is 16.5 Å². The summed E-state index contributed by atoms with van der Waals surface area (Å²) in [6, 6.07) is 3.86. The summed E-state index contributed by atoms with van der Waals surface area (Å²) in [5.74, 6) is -0.101. The summed E-state index contributed by atoms with van der Waals surface area (Å²) in [6.45, 7) is 1.71. The van der Waals surface area contributed by atoms with Crippen LogP contribution in [0.1, 0.15) is 6.92 Å². The van der Waals surface area contributed by atoms with Crippen molar-refractivity contribution in [3.05, 3.63) is 18.2 Å². The van der Waals surface area contributed by atoms with Gasteiger partial charge in [0, 0.05) is 14.1 Å². The van der Waals surface area contributed by atoms with E-state index in [1.165, 1.54) is 24.1 Å². The van der Waals surface area contributed by atoms with Crippen molar-refractivity contribution in [2.75, 3.05) is 32.2 Å². The van der Waals surface area contributed by atoms with Gasteiger partial charge in [-0.25, -0.2) is 13.1 Å². The van der Waals surface area contributed by atoms with Gasteiger partial charge in [-0.2, -0.15) is 0 Å². The second kappa shape index (κ2) is 6.10. The summed E-state index contributed by atoms with van der Waals surface area (Å²) in [6.07, 6.45) is 0. The number of anilines is 2. The molecule has 1 aromatic carbocycles. The number of likely N-dealkylation sites (N-methyl/N-ethyl adjacent to an activating group) is 1. The van der Waals surface area contributed by atoms with Gasteiger partial charge in [0.05, 0.1) is 16.3 Å². The fraction of sp³-hybridized carbons (Fsp3) is 0.417. The Bertz CT molecular complexity index is 599. The number of rotatable bonds is 5. The van der Waals surface area contributed by atoms with Gasteiger partial charge in [0.1, 0.15) is 6.04 Å². The molecule has 112 valence electrons. The first-order chi connectivity index (χ1) is 9.19. The predicted octanol–water partition coefficient (Wildman–Crippen LogP) is 0.0655. The fourth-order valence-electron chi connectivity index (χ4n) is 1.64. The molecule has 0 fully saturated rings. The highest BCUT2D eigenvalue weighted by Crippen LogP contribution is 2.23. The van der Waals surface area contributed by atoms with E-state index < -0.39 is 16.1 Å². The van der Waals surface area contributed by atoms with Crippen LogP contribution in [0.25, 0.3) is 0 Å². The van der Waals surface area contributed by atoms with Crippen LogP contribution in [0, 0.1) is 0 Å². The Morgan fingerprint density at radius 2 is 1.95 bits per heavy atom. The maximum Gasteiger partial charge on any atom is 0.244 e. The number of sulfonamides is 1. The minimum absolute atomic E-state index is 0.0784. The van der Waals surface area contributed by atoms with E-state index in [9.17, 15) is 13.2 Å². The van der Waals surface area contributed by atoms with E-state index in [0.717, 1.165) is 0 Å². The number of nitrogen functional groups attached to an aromatic ring is 1. The van der Waals surface area contributed by atoms with Crippen LogP contribution in [0.3, 0.4) is 0 Å². The molecule has 0 heterocycles. The van der Waals surface area contributed by atoms with Crippen molar-refractivity contribution in [1.82, 2.24) is 9.62 Å². The van der Waals surface area contributed by atoms with Gasteiger partial charge >= 0.3 is 0 Å². The van der Waals surface area contributed by atoms with E-state index in [4.69, 9.17) is 5.73 Å². The minimum atomic E-state index is -3.53. The van der Waals surface area contributed by atoms with Crippen molar-refractivity contribution >= 4 is 27.3 Å². The first-order valence-electron chi connectivity index (χ1n) is 6.00. The van der Waals surface area contributed by atoms with E-state index in [1.54, 1.807) is 27.1 Å². The lowest BCUT2D eigenvalue weighted by molar-refractivity contribution is -0.129. The molecular weight excluding hydrogens is 280 g/mol. The molecule has 8 heteroatoms. The number of nitrogens with two attached hydrogens (primary N) is 1. The lowest BCUT2D eigenvalue weighted by Gasteiger charge is -2.20. The van der Waals surface area contributed by atoms with E-state index in [2.05, 4.69) is 10.0 Å². The Balaban J connectivity index is 2.98. The molecule has 20 heavy (non-hydrogen) atoms. The molecule has 0 aliphatic carbocycles. The molecule has 0 aliphatic heterocycles. The van der Waals surface area contributed by atoms with Gasteiger partial charge in [0.25, 0.3) is 0 Å². The Kier molecular flexibility index (Phi) is 4.96. The highest BCUT2D eigenvalue weighted by molar-refractivity contribution is 7.89. The standard InChI is InChI=1S/C12H20N4O3S/c1-8(12(17)16(3)4)15-11-6-5-9(7-10(11)13)20(18,19)14-2/h5-8,14-15H,13H2,1-4H3. The summed E-state index contributed by atoms with van der Waals surface area (Å²) in [4.78, 5) is 13.3. The van der Waals surface area contributed by atoms with Gasteiger partial charge in [0.15, 0.2) is 0 Å². The molecule has 1 atom stereocenters. The molecule has 0 aliphatic rings. The highest BCUT2D eigenvalue weighted by atomic mass is 32.2. The van der Waals surface area contributed by atoms with Crippen LogP contribution in [0.4, 0.5) is 11.4 Å². The molecule has 7 nitrogen and oxygen atoms in total.